The molecule has 0 atom stereocenters. The molecule has 4 N–H and O–H groups in total. The van der Waals surface area contributed by atoms with E-state index in [0.717, 1.165) is 0 Å². The summed E-state index contributed by atoms with van der Waals surface area (Å²) in [6.07, 6.45) is -3.16. The number of aryl methyl sites for hydroxylation is 1. The van der Waals surface area contributed by atoms with Crippen LogP contribution >= 0.6 is 0 Å². The minimum absolute atomic E-state index is 0.0453. The van der Waals surface area contributed by atoms with Crippen molar-refractivity contribution in [2.45, 2.75) is 19.6 Å². The lowest BCUT2D eigenvalue weighted by Crippen LogP contribution is -2.17. The van der Waals surface area contributed by atoms with Crippen LogP contribution in [0.1, 0.15) is 17.5 Å². The molecule has 2 heterocycles. The summed E-state index contributed by atoms with van der Waals surface area (Å²) in [5.74, 6) is 4.52. The molecule has 0 aliphatic rings. The first-order chi connectivity index (χ1) is 9.38. The van der Waals surface area contributed by atoms with E-state index >= 15 is 0 Å². The molecular weight excluding hydrogens is 277 g/mol. The van der Waals surface area contributed by atoms with Crippen molar-refractivity contribution in [3.8, 4) is 0 Å². The zero-order valence-corrected chi connectivity index (χ0v) is 10.3. The van der Waals surface area contributed by atoms with E-state index in [1.807, 2.05) is 0 Å². The van der Waals surface area contributed by atoms with Crippen LogP contribution in [0.3, 0.4) is 0 Å². The maximum Gasteiger partial charge on any atom is 0.451 e. The molecule has 2 aromatic heterocycles. The Morgan fingerprint density at radius 3 is 2.55 bits per heavy atom. The summed E-state index contributed by atoms with van der Waals surface area (Å²) in [5, 5.41) is 2.66. The number of nitrogens with one attached hydrogen (secondary N) is 2. The summed E-state index contributed by atoms with van der Waals surface area (Å²) in [4.78, 5) is 10.5. The quantitative estimate of drug-likeness (QED) is 0.581. The molecule has 0 unspecified atom stereocenters. The first kappa shape index (κ1) is 14.1. The van der Waals surface area contributed by atoms with E-state index in [9.17, 15) is 13.2 Å². The van der Waals surface area contributed by atoms with Gasteiger partial charge < -0.3 is 15.2 Å². The van der Waals surface area contributed by atoms with Crippen molar-refractivity contribution in [3.63, 3.8) is 0 Å². The lowest BCUT2D eigenvalue weighted by atomic mass is 10.4. The average Bonchev–Trinajstić information content (AvgIpc) is 2.81. The fourth-order valence-corrected chi connectivity index (χ4v) is 1.39. The van der Waals surface area contributed by atoms with E-state index in [1.165, 1.54) is 12.3 Å². The van der Waals surface area contributed by atoms with Crippen LogP contribution in [-0.2, 0) is 12.7 Å². The molecule has 0 saturated heterocycles. The highest BCUT2D eigenvalue weighted by molar-refractivity contribution is 5.47. The van der Waals surface area contributed by atoms with Crippen molar-refractivity contribution in [2.75, 3.05) is 10.7 Å². The molecule has 0 aliphatic carbocycles. The van der Waals surface area contributed by atoms with Crippen LogP contribution in [0.4, 0.5) is 24.8 Å². The van der Waals surface area contributed by atoms with Crippen LogP contribution in [0.2, 0.25) is 0 Å². The number of alkyl halides is 3. The van der Waals surface area contributed by atoms with E-state index in [-0.39, 0.29) is 18.2 Å². The zero-order valence-electron chi connectivity index (χ0n) is 10.3. The first-order valence-corrected chi connectivity index (χ1v) is 5.46. The van der Waals surface area contributed by atoms with Crippen LogP contribution in [-0.4, -0.2) is 15.0 Å². The number of nitrogens with two attached hydrogens (primary N) is 1. The second kappa shape index (κ2) is 5.33. The summed E-state index contributed by atoms with van der Waals surface area (Å²) in [6.45, 7) is 1.80. The van der Waals surface area contributed by atoms with Crippen LogP contribution in [0, 0.1) is 6.92 Å². The second-order valence-corrected chi connectivity index (χ2v) is 3.82. The Morgan fingerprint density at radius 1 is 1.30 bits per heavy atom. The summed E-state index contributed by atoms with van der Waals surface area (Å²) in [7, 11) is 0. The molecule has 0 bridgehead atoms. The summed E-state index contributed by atoms with van der Waals surface area (Å²) < 4.78 is 43.0. The number of rotatable bonds is 4. The number of anilines is 2. The highest BCUT2D eigenvalue weighted by Crippen LogP contribution is 2.28. The van der Waals surface area contributed by atoms with Crippen molar-refractivity contribution in [1.82, 2.24) is 15.0 Å². The Bertz CT molecular complexity index is 597. The molecule has 0 amide bonds. The molecule has 0 spiro atoms. The number of aromatic nitrogens is 3. The zero-order chi connectivity index (χ0) is 14.8. The molecule has 0 fully saturated rings. The van der Waals surface area contributed by atoms with Crippen molar-refractivity contribution < 1.29 is 17.6 Å². The standard InChI is InChI=1S/C10H11F3N6O/c1-5-3-16-8(20-5)4-15-6-2-7(19-14)18-9(17-6)10(11,12)13/h2-3H,4,14H2,1H3,(H2,15,17,18,19). The van der Waals surface area contributed by atoms with Gasteiger partial charge in [0.2, 0.25) is 11.7 Å². The summed E-state index contributed by atoms with van der Waals surface area (Å²) in [6, 6.07) is 1.24. The number of oxazole rings is 1. The lowest BCUT2D eigenvalue weighted by Gasteiger charge is -2.10. The van der Waals surface area contributed by atoms with Gasteiger partial charge in [-0.3, -0.25) is 0 Å². The Hall–Kier alpha value is -2.36. The Balaban J connectivity index is 2.18. The number of hydrogen-bond donors (Lipinski definition) is 3. The third kappa shape index (κ3) is 3.35. The summed E-state index contributed by atoms with van der Waals surface area (Å²) in [5.41, 5.74) is 2.05. The smallest absolute Gasteiger partial charge is 0.444 e. The fraction of sp³-hybridized carbons (Fsp3) is 0.300. The SMILES string of the molecule is Cc1cnc(CNc2cc(NN)nc(C(F)(F)F)n2)o1. The van der Waals surface area contributed by atoms with Crippen LogP contribution in [0.15, 0.2) is 16.7 Å². The van der Waals surface area contributed by atoms with Crippen LogP contribution in [0.5, 0.6) is 0 Å². The number of nitrogen functional groups attached to an aromatic ring is 1. The van der Waals surface area contributed by atoms with Gasteiger partial charge in [0.1, 0.15) is 17.4 Å². The molecular formula is C10H11F3N6O. The molecule has 10 heteroatoms. The van der Waals surface area contributed by atoms with Crippen molar-refractivity contribution >= 4 is 11.6 Å². The van der Waals surface area contributed by atoms with Gasteiger partial charge in [-0.05, 0) is 6.92 Å². The first-order valence-electron chi connectivity index (χ1n) is 5.46. The van der Waals surface area contributed by atoms with Gasteiger partial charge in [-0.1, -0.05) is 0 Å². The third-order valence-electron chi connectivity index (χ3n) is 2.22. The molecule has 0 radical (unpaired) electrons. The normalized spacial score (nSPS) is 11.4. The Labute approximate surface area is 111 Å². The number of hydrogen-bond acceptors (Lipinski definition) is 7. The van der Waals surface area contributed by atoms with Gasteiger partial charge in [0.15, 0.2) is 0 Å². The fourth-order valence-electron chi connectivity index (χ4n) is 1.39. The largest absolute Gasteiger partial charge is 0.451 e. The lowest BCUT2D eigenvalue weighted by molar-refractivity contribution is -0.144. The highest BCUT2D eigenvalue weighted by atomic mass is 19.4. The molecule has 0 aromatic carbocycles. The van der Waals surface area contributed by atoms with Gasteiger partial charge in [0.05, 0.1) is 12.7 Å². The predicted octanol–water partition coefficient (Wildman–Crippen LogP) is 1.69. The van der Waals surface area contributed by atoms with Gasteiger partial charge in [-0.2, -0.15) is 13.2 Å². The topological polar surface area (TPSA) is 102 Å². The molecule has 0 saturated carbocycles. The average molecular weight is 288 g/mol. The second-order valence-electron chi connectivity index (χ2n) is 3.82. The van der Waals surface area contributed by atoms with E-state index in [0.29, 0.717) is 11.7 Å². The molecule has 0 aliphatic heterocycles. The van der Waals surface area contributed by atoms with Crippen LogP contribution in [0.25, 0.3) is 0 Å². The summed E-state index contributed by atoms with van der Waals surface area (Å²) >= 11 is 0. The number of nitrogens with zero attached hydrogens (tertiary/aromatic N) is 3. The van der Waals surface area contributed by atoms with E-state index < -0.39 is 12.0 Å². The molecule has 108 valence electrons. The van der Waals surface area contributed by atoms with E-state index in [2.05, 4.69) is 25.7 Å². The van der Waals surface area contributed by atoms with Gasteiger partial charge in [0.25, 0.3) is 0 Å². The van der Waals surface area contributed by atoms with Crippen molar-refractivity contribution in [1.29, 1.82) is 0 Å². The van der Waals surface area contributed by atoms with Gasteiger partial charge in [-0.25, -0.2) is 20.8 Å². The molecule has 2 rings (SSSR count). The van der Waals surface area contributed by atoms with E-state index in [1.54, 1.807) is 6.92 Å². The van der Waals surface area contributed by atoms with Crippen LogP contribution < -0.4 is 16.6 Å². The van der Waals surface area contributed by atoms with Crippen molar-refractivity contribution in [3.05, 3.63) is 29.7 Å². The van der Waals surface area contributed by atoms with Gasteiger partial charge in [0, 0.05) is 6.07 Å². The van der Waals surface area contributed by atoms with Gasteiger partial charge in [-0.15, -0.1) is 0 Å². The number of hydrazine groups is 1. The maximum absolute atomic E-state index is 12.6. The third-order valence-corrected chi connectivity index (χ3v) is 2.22. The van der Waals surface area contributed by atoms with Crippen molar-refractivity contribution in [2.24, 2.45) is 5.84 Å². The van der Waals surface area contributed by atoms with Gasteiger partial charge >= 0.3 is 6.18 Å². The molecule has 7 nitrogen and oxygen atoms in total. The molecule has 20 heavy (non-hydrogen) atoms. The molecule has 2 aromatic rings. The maximum atomic E-state index is 12.6. The minimum Gasteiger partial charge on any atom is -0.444 e. The highest BCUT2D eigenvalue weighted by Gasteiger charge is 2.35. The monoisotopic (exact) mass is 288 g/mol. The predicted molar refractivity (Wildman–Crippen MR) is 63.4 cm³/mol. The minimum atomic E-state index is -4.66. The Morgan fingerprint density at radius 2 is 2.00 bits per heavy atom. The number of halogens is 3. The van der Waals surface area contributed by atoms with E-state index in [4.69, 9.17) is 10.3 Å². The Kier molecular flexibility index (Phi) is 3.74.